The van der Waals surface area contributed by atoms with Gasteiger partial charge in [-0.2, -0.15) is 4.31 Å². The van der Waals surface area contributed by atoms with Gasteiger partial charge in [0.15, 0.2) is 0 Å². The zero-order chi connectivity index (χ0) is 15.1. The minimum Gasteiger partial charge on any atom is -0.398 e. The van der Waals surface area contributed by atoms with Crippen LogP contribution in [0, 0.1) is 12.3 Å². The highest BCUT2D eigenvalue weighted by atomic mass is 32.2. The molecule has 1 atom stereocenters. The Morgan fingerprint density at radius 3 is 2.55 bits per heavy atom. The quantitative estimate of drug-likeness (QED) is 0.790. The van der Waals surface area contributed by atoms with Gasteiger partial charge in [0.25, 0.3) is 0 Å². The molecule has 0 aliphatic carbocycles. The summed E-state index contributed by atoms with van der Waals surface area (Å²) in [6, 6.07) is 4.97. The number of nitrogen functional groups attached to an aromatic ring is 1. The van der Waals surface area contributed by atoms with E-state index in [9.17, 15) is 13.2 Å². The first-order valence-corrected chi connectivity index (χ1v) is 7.78. The first-order valence-electron chi connectivity index (χ1n) is 6.34. The van der Waals surface area contributed by atoms with Gasteiger partial charge in [-0.15, -0.1) is 0 Å². The van der Waals surface area contributed by atoms with Crippen molar-refractivity contribution in [1.82, 2.24) is 4.31 Å². The van der Waals surface area contributed by atoms with Crippen LogP contribution in [0.3, 0.4) is 0 Å². The number of anilines is 1. The molecule has 1 fully saturated rings. The summed E-state index contributed by atoms with van der Waals surface area (Å²) < 4.78 is 26.6. The van der Waals surface area contributed by atoms with E-state index in [1.54, 1.807) is 32.0 Å². The van der Waals surface area contributed by atoms with Crippen LogP contribution >= 0.6 is 0 Å². The summed E-state index contributed by atoms with van der Waals surface area (Å²) in [6.45, 7) is 3.76. The van der Waals surface area contributed by atoms with Crippen molar-refractivity contribution in [3.63, 3.8) is 0 Å². The van der Waals surface area contributed by atoms with Gasteiger partial charge in [0.05, 0.1) is 11.1 Å². The van der Waals surface area contributed by atoms with E-state index in [0.29, 0.717) is 12.0 Å². The summed E-state index contributed by atoms with van der Waals surface area (Å²) in [4.78, 5) is 11.6. The molecule has 1 aromatic rings. The fraction of sp³-hybridized carbons (Fsp3) is 0.462. The average Bonchev–Trinajstić information content (AvgIpc) is 2.73. The number of amides is 1. The summed E-state index contributed by atoms with van der Waals surface area (Å²) >= 11 is 0. The molecule has 20 heavy (non-hydrogen) atoms. The highest BCUT2D eigenvalue weighted by Gasteiger charge is 2.44. The van der Waals surface area contributed by atoms with E-state index in [2.05, 4.69) is 0 Å². The van der Waals surface area contributed by atoms with Gasteiger partial charge in [-0.1, -0.05) is 12.1 Å². The molecule has 1 unspecified atom stereocenters. The Balaban J connectivity index is 2.41. The van der Waals surface area contributed by atoms with Crippen molar-refractivity contribution < 1.29 is 13.2 Å². The standard InChI is InChI=1S/C13H19N3O3S/c1-9-4-3-5-10(14)11(9)20(18,19)16-7-6-13(2,8-16)12(15)17/h3-5H,6-8,14H2,1-2H3,(H2,15,17). The second kappa shape index (κ2) is 4.75. The number of sulfonamides is 1. The molecule has 1 saturated heterocycles. The molecule has 1 aromatic carbocycles. The lowest BCUT2D eigenvalue weighted by molar-refractivity contribution is -0.126. The lowest BCUT2D eigenvalue weighted by Gasteiger charge is -2.22. The van der Waals surface area contributed by atoms with Crippen LogP contribution in [0.4, 0.5) is 5.69 Å². The first-order chi connectivity index (χ1) is 9.18. The third-order valence-corrected chi connectivity index (χ3v) is 5.94. The molecule has 2 rings (SSSR count). The lowest BCUT2D eigenvalue weighted by atomic mass is 9.89. The van der Waals surface area contributed by atoms with Crippen molar-refractivity contribution in [3.05, 3.63) is 23.8 Å². The van der Waals surface area contributed by atoms with E-state index in [-0.39, 0.29) is 23.7 Å². The Kier molecular flexibility index (Phi) is 3.51. The number of carbonyl (C=O) groups excluding carboxylic acids is 1. The second-order valence-corrected chi connectivity index (χ2v) is 7.38. The smallest absolute Gasteiger partial charge is 0.245 e. The zero-order valence-electron chi connectivity index (χ0n) is 11.6. The van der Waals surface area contributed by atoms with Gasteiger partial charge in [-0.05, 0) is 31.9 Å². The Morgan fingerprint density at radius 1 is 1.40 bits per heavy atom. The molecule has 0 aromatic heterocycles. The molecule has 6 nitrogen and oxygen atoms in total. The lowest BCUT2D eigenvalue weighted by Crippen LogP contribution is -2.38. The van der Waals surface area contributed by atoms with Crippen molar-refractivity contribution in [2.75, 3.05) is 18.8 Å². The third kappa shape index (κ3) is 2.27. The molecular formula is C13H19N3O3S. The molecule has 1 amide bonds. The average molecular weight is 297 g/mol. The van der Waals surface area contributed by atoms with Crippen molar-refractivity contribution >= 4 is 21.6 Å². The molecule has 0 spiro atoms. The maximum absolute atomic E-state index is 12.7. The highest BCUT2D eigenvalue weighted by molar-refractivity contribution is 7.89. The number of nitrogens with two attached hydrogens (primary N) is 2. The molecule has 0 saturated carbocycles. The summed E-state index contributed by atoms with van der Waals surface area (Å²) in [7, 11) is -3.70. The summed E-state index contributed by atoms with van der Waals surface area (Å²) in [5.41, 5.74) is 11.2. The monoisotopic (exact) mass is 297 g/mol. The minimum absolute atomic E-state index is 0.0957. The van der Waals surface area contributed by atoms with E-state index < -0.39 is 21.3 Å². The fourth-order valence-corrected chi connectivity index (χ4v) is 4.37. The van der Waals surface area contributed by atoms with Crippen molar-refractivity contribution in [1.29, 1.82) is 0 Å². The number of hydrogen-bond acceptors (Lipinski definition) is 4. The highest BCUT2D eigenvalue weighted by Crippen LogP contribution is 2.35. The maximum atomic E-state index is 12.7. The Morgan fingerprint density at radius 2 is 2.05 bits per heavy atom. The Labute approximate surface area is 118 Å². The Hall–Kier alpha value is -1.60. The van der Waals surface area contributed by atoms with Gasteiger partial charge in [0.2, 0.25) is 15.9 Å². The van der Waals surface area contributed by atoms with E-state index in [4.69, 9.17) is 11.5 Å². The SMILES string of the molecule is Cc1cccc(N)c1S(=O)(=O)N1CCC(C)(C(N)=O)C1. The van der Waals surface area contributed by atoms with Crippen molar-refractivity contribution in [2.45, 2.75) is 25.2 Å². The van der Waals surface area contributed by atoms with Crippen molar-refractivity contribution in [3.8, 4) is 0 Å². The first kappa shape index (κ1) is 14.8. The maximum Gasteiger partial charge on any atom is 0.245 e. The van der Waals surface area contributed by atoms with Crippen LogP contribution < -0.4 is 11.5 Å². The molecule has 0 radical (unpaired) electrons. The van der Waals surface area contributed by atoms with Crippen LogP contribution in [-0.4, -0.2) is 31.7 Å². The summed E-state index contributed by atoms with van der Waals surface area (Å²) in [6.07, 6.45) is 0.424. The largest absolute Gasteiger partial charge is 0.398 e. The molecule has 0 bridgehead atoms. The topological polar surface area (TPSA) is 106 Å². The molecule has 1 aliphatic rings. The van der Waals surface area contributed by atoms with Crippen LogP contribution in [0.25, 0.3) is 0 Å². The summed E-state index contributed by atoms with van der Waals surface area (Å²) in [5, 5.41) is 0. The predicted molar refractivity (Wildman–Crippen MR) is 76.3 cm³/mol. The Bertz CT molecular complexity index is 637. The molecule has 1 aliphatic heterocycles. The molecule has 7 heteroatoms. The summed E-state index contributed by atoms with van der Waals surface area (Å²) in [5.74, 6) is -0.479. The molecule has 110 valence electrons. The number of primary amides is 1. The third-order valence-electron chi connectivity index (χ3n) is 3.87. The van der Waals surface area contributed by atoms with Gasteiger partial charge >= 0.3 is 0 Å². The zero-order valence-corrected chi connectivity index (χ0v) is 12.4. The van der Waals surface area contributed by atoms with E-state index in [1.165, 1.54) is 4.31 Å². The van der Waals surface area contributed by atoms with E-state index in [0.717, 1.165) is 0 Å². The van der Waals surface area contributed by atoms with E-state index in [1.807, 2.05) is 0 Å². The fourth-order valence-electron chi connectivity index (χ4n) is 2.48. The van der Waals surface area contributed by atoms with Crippen LogP contribution in [0.1, 0.15) is 18.9 Å². The van der Waals surface area contributed by atoms with Crippen LogP contribution in [0.2, 0.25) is 0 Å². The van der Waals surface area contributed by atoms with Gasteiger partial charge in [-0.3, -0.25) is 4.79 Å². The van der Waals surface area contributed by atoms with Crippen LogP contribution in [0.5, 0.6) is 0 Å². The van der Waals surface area contributed by atoms with Crippen LogP contribution in [0.15, 0.2) is 23.1 Å². The number of carbonyl (C=O) groups is 1. The number of nitrogens with zero attached hydrogens (tertiary/aromatic N) is 1. The number of hydrogen-bond donors (Lipinski definition) is 2. The van der Waals surface area contributed by atoms with Gasteiger partial charge in [0.1, 0.15) is 4.90 Å². The normalized spacial score (nSPS) is 23.9. The number of aryl methyl sites for hydroxylation is 1. The predicted octanol–water partition coefficient (Wildman–Crippen LogP) is 0.463. The van der Waals surface area contributed by atoms with E-state index >= 15 is 0 Å². The second-order valence-electron chi connectivity index (χ2n) is 5.51. The molecule has 1 heterocycles. The van der Waals surface area contributed by atoms with Gasteiger partial charge in [0, 0.05) is 13.1 Å². The van der Waals surface area contributed by atoms with Crippen molar-refractivity contribution in [2.24, 2.45) is 11.1 Å². The van der Waals surface area contributed by atoms with Gasteiger partial charge < -0.3 is 11.5 Å². The van der Waals surface area contributed by atoms with Gasteiger partial charge in [-0.25, -0.2) is 8.42 Å². The number of benzene rings is 1. The number of rotatable bonds is 3. The van der Waals surface area contributed by atoms with Crippen LogP contribution in [-0.2, 0) is 14.8 Å². The molecular weight excluding hydrogens is 278 g/mol. The molecule has 4 N–H and O–H groups in total. The minimum atomic E-state index is -3.70.